The van der Waals surface area contributed by atoms with Crippen molar-refractivity contribution in [1.29, 1.82) is 0 Å². The van der Waals surface area contributed by atoms with Crippen LogP contribution in [-0.2, 0) is 6.54 Å². The summed E-state index contributed by atoms with van der Waals surface area (Å²) in [6.45, 7) is 0.598. The minimum Gasteiger partial charge on any atom is -0.368 e. The summed E-state index contributed by atoms with van der Waals surface area (Å²) in [6.07, 6.45) is 0. The van der Waals surface area contributed by atoms with Crippen molar-refractivity contribution in [2.75, 3.05) is 11.1 Å². The molecule has 2 heterocycles. The van der Waals surface area contributed by atoms with Crippen molar-refractivity contribution in [3.63, 3.8) is 0 Å². The molecule has 0 saturated heterocycles. The Morgan fingerprint density at radius 2 is 2.05 bits per heavy atom. The van der Waals surface area contributed by atoms with Crippen LogP contribution >= 0.6 is 22.9 Å². The third-order valence-electron chi connectivity index (χ3n) is 2.75. The van der Waals surface area contributed by atoms with Crippen molar-refractivity contribution in [1.82, 2.24) is 9.97 Å². The van der Waals surface area contributed by atoms with E-state index in [0.717, 1.165) is 26.6 Å². The minimum absolute atomic E-state index is 0.275. The molecule has 96 valence electrons. The van der Waals surface area contributed by atoms with Crippen LogP contribution < -0.4 is 11.1 Å². The number of halogens is 1. The number of benzene rings is 1. The lowest BCUT2D eigenvalue weighted by molar-refractivity contribution is 1.11. The van der Waals surface area contributed by atoms with E-state index in [1.54, 1.807) is 11.3 Å². The van der Waals surface area contributed by atoms with Crippen molar-refractivity contribution in [2.45, 2.75) is 6.54 Å². The summed E-state index contributed by atoms with van der Waals surface area (Å²) in [5.74, 6) is 1.01. The Labute approximate surface area is 119 Å². The molecule has 0 atom stereocenters. The molecule has 0 aliphatic heterocycles. The molecule has 0 fully saturated rings. The van der Waals surface area contributed by atoms with E-state index in [0.29, 0.717) is 6.54 Å². The van der Waals surface area contributed by atoms with Crippen LogP contribution in [-0.4, -0.2) is 9.97 Å². The molecule has 2 aromatic heterocycles. The number of nitrogens with two attached hydrogens (primary N) is 1. The molecular weight excluding hydrogens is 280 g/mol. The summed E-state index contributed by atoms with van der Waals surface area (Å²) in [4.78, 5) is 9.31. The Morgan fingerprint density at radius 1 is 1.21 bits per heavy atom. The standard InChI is InChI=1S/C13H11ClN4S/c14-10-4-2-1-3-8(10)7-16-11-9-5-6-19-12(9)18-13(15)17-11/h1-6H,7H2,(H3,15,16,17,18). The number of fused-ring (bicyclic) bond motifs is 1. The van der Waals surface area contributed by atoms with Gasteiger partial charge in [0.15, 0.2) is 0 Å². The SMILES string of the molecule is Nc1nc(NCc2ccccc2Cl)c2ccsc2n1. The number of thiophene rings is 1. The predicted molar refractivity (Wildman–Crippen MR) is 80.6 cm³/mol. The van der Waals surface area contributed by atoms with Gasteiger partial charge in [-0.15, -0.1) is 11.3 Å². The van der Waals surface area contributed by atoms with E-state index in [9.17, 15) is 0 Å². The van der Waals surface area contributed by atoms with Crippen molar-refractivity contribution >= 4 is 44.9 Å². The van der Waals surface area contributed by atoms with E-state index in [4.69, 9.17) is 17.3 Å². The summed E-state index contributed by atoms with van der Waals surface area (Å²) in [5, 5.41) is 6.95. The average Bonchev–Trinajstić information content (AvgIpc) is 2.85. The third kappa shape index (κ3) is 2.47. The molecule has 19 heavy (non-hydrogen) atoms. The van der Waals surface area contributed by atoms with Crippen LogP contribution in [0.15, 0.2) is 35.7 Å². The number of hydrogen-bond donors (Lipinski definition) is 2. The zero-order valence-corrected chi connectivity index (χ0v) is 11.5. The number of aromatic nitrogens is 2. The van der Waals surface area contributed by atoms with Crippen LogP contribution in [0.2, 0.25) is 5.02 Å². The molecule has 0 amide bonds. The Balaban J connectivity index is 1.90. The van der Waals surface area contributed by atoms with Gasteiger partial charge in [-0.2, -0.15) is 4.98 Å². The molecule has 6 heteroatoms. The van der Waals surface area contributed by atoms with E-state index in [1.807, 2.05) is 35.7 Å². The predicted octanol–water partition coefficient (Wildman–Crippen LogP) is 3.54. The van der Waals surface area contributed by atoms with Gasteiger partial charge >= 0.3 is 0 Å². The molecule has 0 radical (unpaired) electrons. The van der Waals surface area contributed by atoms with Crippen molar-refractivity contribution < 1.29 is 0 Å². The summed E-state index contributed by atoms with van der Waals surface area (Å²) in [7, 11) is 0. The summed E-state index contributed by atoms with van der Waals surface area (Å²) in [6, 6.07) is 9.69. The van der Waals surface area contributed by atoms with E-state index < -0.39 is 0 Å². The molecule has 0 aliphatic carbocycles. The fourth-order valence-electron chi connectivity index (χ4n) is 1.83. The van der Waals surface area contributed by atoms with Gasteiger partial charge < -0.3 is 11.1 Å². The first-order chi connectivity index (χ1) is 9.24. The van der Waals surface area contributed by atoms with Crippen LogP contribution in [0.4, 0.5) is 11.8 Å². The summed E-state index contributed by atoms with van der Waals surface area (Å²) >= 11 is 7.67. The van der Waals surface area contributed by atoms with Crippen molar-refractivity contribution in [2.24, 2.45) is 0 Å². The first-order valence-corrected chi connectivity index (χ1v) is 6.98. The molecule has 0 saturated carbocycles. The number of hydrogen-bond acceptors (Lipinski definition) is 5. The zero-order chi connectivity index (χ0) is 13.2. The minimum atomic E-state index is 0.275. The fourth-order valence-corrected chi connectivity index (χ4v) is 2.80. The quantitative estimate of drug-likeness (QED) is 0.774. The highest BCUT2D eigenvalue weighted by atomic mass is 35.5. The van der Waals surface area contributed by atoms with Crippen LogP contribution in [0.3, 0.4) is 0 Å². The van der Waals surface area contributed by atoms with Gasteiger partial charge in [0, 0.05) is 11.6 Å². The maximum Gasteiger partial charge on any atom is 0.223 e. The highest BCUT2D eigenvalue weighted by Crippen LogP contribution is 2.26. The van der Waals surface area contributed by atoms with Crippen LogP contribution in [0.25, 0.3) is 10.2 Å². The molecular formula is C13H11ClN4S. The third-order valence-corrected chi connectivity index (χ3v) is 3.92. The van der Waals surface area contributed by atoms with Crippen LogP contribution in [0.5, 0.6) is 0 Å². The molecule has 3 aromatic rings. The lowest BCUT2D eigenvalue weighted by Gasteiger charge is -2.08. The van der Waals surface area contributed by atoms with Gasteiger partial charge in [-0.3, -0.25) is 0 Å². The number of nitrogens with one attached hydrogen (secondary N) is 1. The number of rotatable bonds is 3. The Hall–Kier alpha value is -1.85. The van der Waals surface area contributed by atoms with Gasteiger partial charge in [-0.1, -0.05) is 29.8 Å². The summed E-state index contributed by atoms with van der Waals surface area (Å²) < 4.78 is 0. The molecule has 0 unspecified atom stereocenters. The lowest BCUT2D eigenvalue weighted by Crippen LogP contribution is -2.05. The lowest BCUT2D eigenvalue weighted by atomic mass is 10.2. The first kappa shape index (κ1) is 12.2. The van der Waals surface area contributed by atoms with Gasteiger partial charge in [-0.05, 0) is 23.1 Å². The second-order valence-electron chi connectivity index (χ2n) is 4.01. The Kier molecular flexibility index (Phi) is 3.23. The number of anilines is 2. The first-order valence-electron chi connectivity index (χ1n) is 5.72. The van der Waals surface area contributed by atoms with E-state index in [2.05, 4.69) is 15.3 Å². The normalized spacial score (nSPS) is 10.8. The van der Waals surface area contributed by atoms with E-state index in [-0.39, 0.29) is 5.95 Å². The topological polar surface area (TPSA) is 63.8 Å². The van der Waals surface area contributed by atoms with E-state index >= 15 is 0 Å². The second-order valence-corrected chi connectivity index (χ2v) is 5.32. The number of nitrogen functional groups attached to an aromatic ring is 1. The van der Waals surface area contributed by atoms with Gasteiger partial charge in [0.05, 0.1) is 5.39 Å². The Bertz CT molecular complexity index is 725. The molecule has 0 aliphatic rings. The average molecular weight is 291 g/mol. The monoisotopic (exact) mass is 290 g/mol. The summed E-state index contributed by atoms with van der Waals surface area (Å²) in [5.41, 5.74) is 6.72. The van der Waals surface area contributed by atoms with Gasteiger partial charge in [0.1, 0.15) is 10.6 Å². The van der Waals surface area contributed by atoms with Crippen LogP contribution in [0.1, 0.15) is 5.56 Å². The maximum absolute atomic E-state index is 6.12. The Morgan fingerprint density at radius 3 is 2.89 bits per heavy atom. The van der Waals surface area contributed by atoms with Crippen LogP contribution in [0, 0.1) is 0 Å². The fraction of sp³-hybridized carbons (Fsp3) is 0.0769. The molecule has 1 aromatic carbocycles. The number of nitrogens with zero attached hydrogens (tertiary/aromatic N) is 2. The van der Waals surface area contributed by atoms with Crippen molar-refractivity contribution in [3.8, 4) is 0 Å². The molecule has 0 spiro atoms. The highest BCUT2D eigenvalue weighted by Gasteiger charge is 2.07. The zero-order valence-electron chi connectivity index (χ0n) is 9.93. The molecule has 0 bridgehead atoms. The molecule has 3 rings (SSSR count). The van der Waals surface area contributed by atoms with Gasteiger partial charge in [0.2, 0.25) is 5.95 Å². The highest BCUT2D eigenvalue weighted by molar-refractivity contribution is 7.16. The smallest absolute Gasteiger partial charge is 0.223 e. The molecule has 3 N–H and O–H groups in total. The van der Waals surface area contributed by atoms with E-state index in [1.165, 1.54) is 0 Å². The maximum atomic E-state index is 6.12. The van der Waals surface area contributed by atoms with Crippen molar-refractivity contribution in [3.05, 3.63) is 46.3 Å². The van der Waals surface area contributed by atoms with Gasteiger partial charge in [0.25, 0.3) is 0 Å². The second kappa shape index (κ2) is 5.03. The molecule has 4 nitrogen and oxygen atoms in total. The van der Waals surface area contributed by atoms with Gasteiger partial charge in [-0.25, -0.2) is 4.98 Å². The largest absolute Gasteiger partial charge is 0.368 e.